The number of ether oxygens (including phenoxy) is 1. The van der Waals surface area contributed by atoms with Gasteiger partial charge in [-0.25, -0.2) is 18.6 Å². The summed E-state index contributed by atoms with van der Waals surface area (Å²) >= 11 is 0.772. The van der Waals surface area contributed by atoms with Gasteiger partial charge in [-0.05, 0) is 67.1 Å². The molecule has 0 aliphatic carbocycles. The second-order valence-corrected chi connectivity index (χ2v) is 13.4. The maximum Gasteiger partial charge on any atom is 0.410 e. The third-order valence-corrected chi connectivity index (χ3v) is 9.27. The quantitative estimate of drug-likeness (QED) is 0.190. The largest absolute Gasteiger partial charge is 0.445 e. The molecule has 1 saturated heterocycles. The van der Waals surface area contributed by atoms with E-state index < -0.39 is 18.4 Å². The van der Waals surface area contributed by atoms with E-state index in [1.807, 2.05) is 60.0 Å². The molecule has 0 saturated carbocycles. The number of nitrogens with one attached hydrogen (secondary N) is 2. The number of halogens is 2. The van der Waals surface area contributed by atoms with E-state index in [-0.39, 0.29) is 33.9 Å². The van der Waals surface area contributed by atoms with Crippen molar-refractivity contribution in [3.63, 3.8) is 0 Å². The summed E-state index contributed by atoms with van der Waals surface area (Å²) in [6, 6.07) is 18.2. The average Bonchev–Trinajstić information content (AvgIpc) is 3.76. The van der Waals surface area contributed by atoms with Crippen molar-refractivity contribution in [3.05, 3.63) is 81.5 Å². The zero-order chi connectivity index (χ0) is 31.4. The predicted molar refractivity (Wildman–Crippen MR) is 169 cm³/mol. The monoisotopic (exact) mass is 623 g/mol. The minimum absolute atomic E-state index is 0.133. The molecule has 2 N–H and O–H groups in total. The lowest BCUT2D eigenvalue weighted by molar-refractivity contribution is 0.0540. The maximum absolute atomic E-state index is 13.4. The van der Waals surface area contributed by atoms with E-state index in [0.717, 1.165) is 47.4 Å². The van der Waals surface area contributed by atoms with Crippen LogP contribution in [0.5, 0.6) is 0 Å². The number of alkyl halides is 2. The fourth-order valence-electron chi connectivity index (χ4n) is 5.27. The second kappa shape index (κ2) is 13.4. The van der Waals surface area contributed by atoms with E-state index in [0.29, 0.717) is 24.6 Å². The molecule has 234 valence electrons. The van der Waals surface area contributed by atoms with Crippen molar-refractivity contribution < 1.29 is 23.1 Å². The van der Waals surface area contributed by atoms with E-state index in [2.05, 4.69) is 31.4 Å². The molecule has 0 bridgehead atoms. The van der Waals surface area contributed by atoms with Gasteiger partial charge in [-0.15, -0.1) is 11.3 Å². The van der Waals surface area contributed by atoms with Gasteiger partial charge in [0.25, 0.3) is 12.3 Å². The van der Waals surface area contributed by atoms with Gasteiger partial charge in [-0.3, -0.25) is 10.1 Å². The van der Waals surface area contributed by atoms with E-state index >= 15 is 0 Å². The second-order valence-electron chi connectivity index (χ2n) is 12.3. The minimum Gasteiger partial charge on any atom is -0.445 e. The lowest BCUT2D eigenvalue weighted by Crippen LogP contribution is -2.45. The van der Waals surface area contributed by atoms with Gasteiger partial charge in [0.1, 0.15) is 6.61 Å². The van der Waals surface area contributed by atoms with Crippen molar-refractivity contribution in [3.8, 4) is 0 Å². The molecule has 1 aliphatic rings. The van der Waals surface area contributed by atoms with Crippen molar-refractivity contribution in [1.82, 2.24) is 19.8 Å². The summed E-state index contributed by atoms with van der Waals surface area (Å²) in [7, 11) is 0. The van der Waals surface area contributed by atoms with E-state index in [9.17, 15) is 18.4 Å². The smallest absolute Gasteiger partial charge is 0.410 e. The van der Waals surface area contributed by atoms with Gasteiger partial charge in [-0.1, -0.05) is 57.2 Å². The van der Waals surface area contributed by atoms with E-state index in [1.54, 1.807) is 4.90 Å². The number of hydrogen-bond donors (Lipinski definition) is 2. The van der Waals surface area contributed by atoms with Crippen molar-refractivity contribution in [2.75, 3.05) is 11.9 Å². The van der Waals surface area contributed by atoms with Crippen LogP contribution in [0.25, 0.3) is 11.0 Å². The Morgan fingerprint density at radius 2 is 1.91 bits per heavy atom. The number of carbonyl (C=O) groups is 2. The van der Waals surface area contributed by atoms with Crippen molar-refractivity contribution in [2.24, 2.45) is 5.41 Å². The highest BCUT2D eigenvalue weighted by atomic mass is 32.1. The zero-order valence-electron chi connectivity index (χ0n) is 25.5. The maximum atomic E-state index is 13.4. The molecule has 2 aromatic carbocycles. The van der Waals surface area contributed by atoms with Crippen molar-refractivity contribution >= 4 is 40.3 Å². The molecule has 2 aromatic heterocycles. The molecule has 11 heteroatoms. The summed E-state index contributed by atoms with van der Waals surface area (Å²) in [5, 5.41) is 6.34. The van der Waals surface area contributed by atoms with Gasteiger partial charge in [-0.2, -0.15) is 0 Å². The normalized spacial score (nSPS) is 15.9. The molecule has 2 atom stereocenters. The van der Waals surface area contributed by atoms with Crippen LogP contribution in [-0.4, -0.2) is 45.1 Å². The molecule has 4 aromatic rings. The van der Waals surface area contributed by atoms with Crippen LogP contribution >= 0.6 is 11.3 Å². The van der Waals surface area contributed by atoms with Crippen LogP contribution in [0.1, 0.15) is 72.6 Å². The lowest BCUT2D eigenvalue weighted by Gasteiger charge is -2.37. The minimum atomic E-state index is -2.63. The Kier molecular flexibility index (Phi) is 9.65. The van der Waals surface area contributed by atoms with Crippen LogP contribution in [0.4, 0.5) is 19.5 Å². The number of amides is 2. The SMILES string of the molecule is C[C@H](N(Cc1ccc2c(c1)nc(NC(=O)c1ccc(C(F)F)s1)n2CC1CCCN1)C(=O)OCc1ccccc1)C(C)(C)C. The molecule has 1 unspecified atom stereocenters. The Hall–Kier alpha value is -3.83. The Balaban J connectivity index is 1.42. The van der Waals surface area contributed by atoms with Gasteiger partial charge in [0, 0.05) is 25.2 Å². The molecule has 5 rings (SSSR count). The van der Waals surface area contributed by atoms with Crippen molar-refractivity contribution in [2.45, 2.75) is 78.7 Å². The third-order valence-electron chi connectivity index (χ3n) is 8.18. The number of hydrogen-bond acceptors (Lipinski definition) is 6. The first-order valence-electron chi connectivity index (χ1n) is 14.9. The number of thiophene rings is 1. The highest BCUT2D eigenvalue weighted by molar-refractivity contribution is 7.14. The Morgan fingerprint density at radius 1 is 1.14 bits per heavy atom. The topological polar surface area (TPSA) is 88.5 Å². The van der Waals surface area contributed by atoms with Crippen LogP contribution in [0.15, 0.2) is 60.7 Å². The number of nitrogens with zero attached hydrogens (tertiary/aromatic N) is 3. The Bertz CT molecular complexity index is 1590. The van der Waals surface area contributed by atoms with Gasteiger partial charge in [0.05, 0.1) is 20.8 Å². The number of benzene rings is 2. The lowest BCUT2D eigenvalue weighted by atomic mass is 9.87. The summed E-state index contributed by atoms with van der Waals surface area (Å²) in [5.74, 6) is -0.130. The summed E-state index contributed by atoms with van der Waals surface area (Å²) in [6.07, 6.45) is -0.967. The number of imidazole rings is 1. The van der Waals surface area contributed by atoms with Crippen LogP contribution < -0.4 is 10.6 Å². The molecule has 0 radical (unpaired) electrons. The first kappa shape index (κ1) is 31.6. The molecule has 44 heavy (non-hydrogen) atoms. The molecule has 1 aliphatic heterocycles. The fraction of sp³-hybridized carbons (Fsp3) is 0.424. The standard InChI is InChI=1S/C33H39F2N5O3S/c1-21(33(2,3)4)39(32(42)43-20-22-9-6-5-7-10-22)18-23-12-13-26-25(17-23)37-31(40(26)19-24-11-8-16-36-24)38-30(41)28-15-14-27(44-28)29(34)35/h5-7,9-10,12-15,17,21,24,29,36H,8,11,16,18-20H2,1-4H3,(H,37,38,41)/t21-,24?/m0/s1. The Morgan fingerprint density at radius 3 is 2.57 bits per heavy atom. The molecular weight excluding hydrogens is 584 g/mol. The zero-order valence-corrected chi connectivity index (χ0v) is 26.3. The molecule has 3 heterocycles. The molecular formula is C33H39F2N5O3S. The van der Waals surface area contributed by atoms with Crippen LogP contribution in [0, 0.1) is 5.41 Å². The fourth-order valence-corrected chi connectivity index (χ4v) is 6.03. The van der Waals surface area contributed by atoms with E-state index in [1.165, 1.54) is 12.1 Å². The first-order chi connectivity index (χ1) is 21.0. The van der Waals surface area contributed by atoms with Crippen LogP contribution in [-0.2, 0) is 24.4 Å². The summed E-state index contributed by atoms with van der Waals surface area (Å²) in [6.45, 7) is 10.3. The number of fused-ring (bicyclic) bond motifs is 1. The summed E-state index contributed by atoms with van der Waals surface area (Å²) in [4.78, 5) is 33.0. The summed E-state index contributed by atoms with van der Waals surface area (Å²) < 4.78 is 34.0. The molecule has 1 fully saturated rings. The third kappa shape index (κ3) is 7.44. The van der Waals surface area contributed by atoms with Gasteiger partial charge in [0.15, 0.2) is 0 Å². The van der Waals surface area contributed by atoms with Crippen LogP contribution in [0.2, 0.25) is 0 Å². The number of anilines is 1. The first-order valence-corrected chi connectivity index (χ1v) is 15.7. The molecule has 8 nitrogen and oxygen atoms in total. The number of carbonyl (C=O) groups excluding carboxylic acids is 2. The highest BCUT2D eigenvalue weighted by Crippen LogP contribution is 2.30. The number of rotatable bonds is 10. The van der Waals surface area contributed by atoms with Crippen molar-refractivity contribution in [1.29, 1.82) is 0 Å². The van der Waals surface area contributed by atoms with E-state index in [4.69, 9.17) is 9.72 Å². The van der Waals surface area contributed by atoms with Crippen LogP contribution in [0.3, 0.4) is 0 Å². The molecule has 0 spiro atoms. The van der Waals surface area contributed by atoms with Gasteiger partial charge >= 0.3 is 6.09 Å². The van der Waals surface area contributed by atoms with Gasteiger partial charge in [0.2, 0.25) is 5.95 Å². The summed E-state index contributed by atoms with van der Waals surface area (Å²) in [5.41, 5.74) is 3.08. The van der Waals surface area contributed by atoms with Gasteiger partial charge < -0.3 is 19.5 Å². The Labute approximate surface area is 260 Å². The molecule has 2 amide bonds. The predicted octanol–water partition coefficient (Wildman–Crippen LogP) is 7.61. The highest BCUT2D eigenvalue weighted by Gasteiger charge is 2.31. The number of aromatic nitrogens is 2. The average molecular weight is 624 g/mol.